The average Bonchev–Trinajstić information content (AvgIpc) is 2.61. The Bertz CT molecular complexity index is 880. The third-order valence-electron chi connectivity index (χ3n) is 3.54. The number of hydrogen-bond donors (Lipinski definition) is 1. The Morgan fingerprint density at radius 2 is 1.84 bits per heavy atom. The van der Waals surface area contributed by atoms with E-state index in [-0.39, 0.29) is 22.1 Å². The van der Waals surface area contributed by atoms with Crippen LogP contribution in [0.4, 0.5) is 5.69 Å². The molecule has 1 N–H and O–H groups in total. The summed E-state index contributed by atoms with van der Waals surface area (Å²) in [5.41, 5.74) is 0.907. The zero-order valence-electron chi connectivity index (χ0n) is 14.4. The lowest BCUT2D eigenvalue weighted by Crippen LogP contribution is -2.23. The number of amides is 1. The summed E-state index contributed by atoms with van der Waals surface area (Å²) in [7, 11) is 0.504. The summed E-state index contributed by atoms with van der Waals surface area (Å²) in [5, 5.41) is 2.81. The van der Waals surface area contributed by atoms with Crippen LogP contribution in [0.5, 0.6) is 5.75 Å². The number of anilines is 1. The molecule has 0 heterocycles. The van der Waals surface area contributed by atoms with E-state index in [1.807, 2.05) is 24.5 Å². The van der Waals surface area contributed by atoms with E-state index in [0.717, 1.165) is 9.20 Å². The van der Waals surface area contributed by atoms with E-state index >= 15 is 0 Å². The van der Waals surface area contributed by atoms with Crippen LogP contribution in [0.15, 0.2) is 52.3 Å². The SMILES string of the molecule is COc1ccc(C(=O)Nc2ccccc2SC)cc1S(=O)(=O)N(C)C. The van der Waals surface area contributed by atoms with Crippen molar-refractivity contribution in [1.82, 2.24) is 4.31 Å². The van der Waals surface area contributed by atoms with Gasteiger partial charge >= 0.3 is 0 Å². The monoisotopic (exact) mass is 380 g/mol. The molecule has 25 heavy (non-hydrogen) atoms. The number of benzene rings is 2. The molecule has 0 atom stereocenters. The molecule has 2 aromatic rings. The Balaban J connectivity index is 2.41. The van der Waals surface area contributed by atoms with Gasteiger partial charge in [-0.2, -0.15) is 0 Å². The molecule has 0 saturated heterocycles. The number of sulfonamides is 1. The van der Waals surface area contributed by atoms with Crippen molar-refractivity contribution in [3.63, 3.8) is 0 Å². The molecule has 8 heteroatoms. The molecule has 2 rings (SSSR count). The van der Waals surface area contributed by atoms with Gasteiger partial charge in [0.05, 0.1) is 12.8 Å². The van der Waals surface area contributed by atoms with Gasteiger partial charge in [-0.1, -0.05) is 12.1 Å². The van der Waals surface area contributed by atoms with Crippen LogP contribution in [-0.4, -0.2) is 46.1 Å². The van der Waals surface area contributed by atoms with Crippen molar-refractivity contribution in [1.29, 1.82) is 0 Å². The summed E-state index contributed by atoms with van der Waals surface area (Å²) in [6.07, 6.45) is 1.92. The van der Waals surface area contributed by atoms with Crippen LogP contribution in [-0.2, 0) is 10.0 Å². The number of ether oxygens (including phenoxy) is 1. The van der Waals surface area contributed by atoms with E-state index in [2.05, 4.69) is 5.32 Å². The fourth-order valence-electron chi connectivity index (χ4n) is 2.16. The highest BCUT2D eigenvalue weighted by atomic mass is 32.2. The maximum Gasteiger partial charge on any atom is 0.255 e. The summed E-state index contributed by atoms with van der Waals surface area (Å²) < 4.78 is 31.1. The fraction of sp³-hybridized carbons (Fsp3) is 0.235. The molecule has 6 nitrogen and oxygen atoms in total. The van der Waals surface area contributed by atoms with Gasteiger partial charge in [-0.15, -0.1) is 11.8 Å². The number of nitrogens with zero attached hydrogens (tertiary/aromatic N) is 1. The second-order valence-electron chi connectivity index (χ2n) is 5.31. The number of rotatable bonds is 6. The lowest BCUT2D eigenvalue weighted by Gasteiger charge is -2.16. The second kappa shape index (κ2) is 7.90. The lowest BCUT2D eigenvalue weighted by molar-refractivity contribution is 0.102. The van der Waals surface area contributed by atoms with E-state index in [0.29, 0.717) is 5.69 Å². The Morgan fingerprint density at radius 1 is 1.16 bits per heavy atom. The largest absolute Gasteiger partial charge is 0.495 e. The molecule has 0 saturated carbocycles. The molecule has 0 aliphatic carbocycles. The van der Waals surface area contributed by atoms with Crippen molar-refractivity contribution in [3.8, 4) is 5.75 Å². The molecular formula is C17H20N2O4S2. The van der Waals surface area contributed by atoms with E-state index in [9.17, 15) is 13.2 Å². The number of methoxy groups -OCH3 is 1. The van der Waals surface area contributed by atoms with Crippen molar-refractivity contribution < 1.29 is 17.9 Å². The Hall–Kier alpha value is -2.03. The van der Waals surface area contributed by atoms with Gasteiger partial charge < -0.3 is 10.1 Å². The second-order valence-corrected chi connectivity index (χ2v) is 8.28. The van der Waals surface area contributed by atoms with Crippen LogP contribution in [0.25, 0.3) is 0 Å². The van der Waals surface area contributed by atoms with E-state index in [1.165, 1.54) is 51.2 Å². The average molecular weight is 380 g/mol. The van der Waals surface area contributed by atoms with Crippen LogP contribution in [0.2, 0.25) is 0 Å². The summed E-state index contributed by atoms with van der Waals surface area (Å²) >= 11 is 1.51. The highest BCUT2D eigenvalue weighted by Crippen LogP contribution is 2.28. The van der Waals surface area contributed by atoms with Gasteiger partial charge in [-0.25, -0.2) is 12.7 Å². The predicted octanol–water partition coefficient (Wildman–Crippen LogP) is 2.92. The van der Waals surface area contributed by atoms with Gasteiger partial charge in [0.1, 0.15) is 10.6 Å². The third kappa shape index (κ3) is 4.15. The van der Waals surface area contributed by atoms with Crippen molar-refractivity contribution in [3.05, 3.63) is 48.0 Å². The van der Waals surface area contributed by atoms with Crippen LogP contribution in [0.1, 0.15) is 10.4 Å². The third-order valence-corrected chi connectivity index (χ3v) is 6.17. The molecule has 0 fully saturated rings. The molecule has 1 amide bonds. The van der Waals surface area contributed by atoms with E-state index < -0.39 is 10.0 Å². The van der Waals surface area contributed by atoms with Crippen molar-refractivity contribution in [2.45, 2.75) is 9.79 Å². The van der Waals surface area contributed by atoms with Gasteiger partial charge in [0.25, 0.3) is 5.91 Å². The Labute approximate surface area is 152 Å². The molecule has 0 aliphatic heterocycles. The Morgan fingerprint density at radius 3 is 2.44 bits per heavy atom. The molecule has 0 bridgehead atoms. The summed E-state index contributed by atoms with van der Waals surface area (Å²) in [6, 6.07) is 11.7. The topological polar surface area (TPSA) is 75.7 Å². The van der Waals surface area contributed by atoms with Crippen LogP contribution >= 0.6 is 11.8 Å². The van der Waals surface area contributed by atoms with E-state index in [1.54, 1.807) is 6.07 Å². The predicted molar refractivity (Wildman–Crippen MR) is 100 cm³/mol. The highest BCUT2D eigenvalue weighted by Gasteiger charge is 2.24. The minimum atomic E-state index is -3.74. The molecule has 0 aliphatic rings. The van der Waals surface area contributed by atoms with Gasteiger partial charge in [-0.3, -0.25) is 4.79 Å². The van der Waals surface area contributed by atoms with Gasteiger partial charge in [0.2, 0.25) is 10.0 Å². The van der Waals surface area contributed by atoms with Gasteiger partial charge in [0, 0.05) is 24.6 Å². The fourth-order valence-corrected chi connectivity index (χ4v) is 3.79. The summed E-state index contributed by atoms with van der Waals surface area (Å²) in [5.74, 6) is -0.200. The van der Waals surface area contributed by atoms with Crippen LogP contribution in [0, 0.1) is 0 Å². The van der Waals surface area contributed by atoms with Crippen LogP contribution < -0.4 is 10.1 Å². The Kier molecular flexibility index (Phi) is 6.10. The number of nitrogens with one attached hydrogen (secondary N) is 1. The zero-order chi connectivity index (χ0) is 18.6. The minimum Gasteiger partial charge on any atom is -0.495 e. The first-order valence-electron chi connectivity index (χ1n) is 7.36. The molecule has 0 unspecified atom stereocenters. The number of thioether (sulfide) groups is 1. The van der Waals surface area contributed by atoms with Crippen molar-refractivity contribution >= 4 is 33.4 Å². The number of carbonyl (C=O) groups excluding carboxylic acids is 1. The number of carbonyl (C=O) groups is 1. The molecular weight excluding hydrogens is 360 g/mol. The van der Waals surface area contributed by atoms with Crippen molar-refractivity contribution in [2.24, 2.45) is 0 Å². The molecule has 134 valence electrons. The minimum absolute atomic E-state index is 0.0502. The van der Waals surface area contributed by atoms with Gasteiger partial charge in [-0.05, 0) is 36.6 Å². The zero-order valence-corrected chi connectivity index (χ0v) is 16.1. The number of para-hydroxylation sites is 1. The highest BCUT2D eigenvalue weighted by molar-refractivity contribution is 7.98. The maximum absolute atomic E-state index is 12.6. The van der Waals surface area contributed by atoms with E-state index in [4.69, 9.17) is 4.74 Å². The summed E-state index contributed by atoms with van der Waals surface area (Å²) in [4.78, 5) is 13.4. The first-order chi connectivity index (χ1) is 11.8. The van der Waals surface area contributed by atoms with Crippen LogP contribution in [0.3, 0.4) is 0 Å². The normalized spacial score (nSPS) is 11.4. The smallest absolute Gasteiger partial charge is 0.255 e. The summed E-state index contributed by atoms with van der Waals surface area (Å²) in [6.45, 7) is 0. The van der Waals surface area contributed by atoms with Crippen molar-refractivity contribution in [2.75, 3.05) is 32.8 Å². The quantitative estimate of drug-likeness (QED) is 0.780. The number of hydrogen-bond acceptors (Lipinski definition) is 5. The molecule has 0 spiro atoms. The molecule has 2 aromatic carbocycles. The maximum atomic E-state index is 12.6. The first-order valence-corrected chi connectivity index (χ1v) is 10.0. The van der Waals surface area contributed by atoms with Gasteiger partial charge in [0.15, 0.2) is 0 Å². The lowest BCUT2D eigenvalue weighted by atomic mass is 10.2. The standard InChI is InChI=1S/C17H20N2O4S2/c1-19(2)25(21,22)16-11-12(9-10-14(16)23-3)17(20)18-13-7-5-6-8-15(13)24-4/h5-11H,1-4H3,(H,18,20). The molecule has 0 aromatic heterocycles. The molecule has 0 radical (unpaired) electrons. The first kappa shape index (κ1) is 19.3.